The fourth-order valence-corrected chi connectivity index (χ4v) is 3.11. The van der Waals surface area contributed by atoms with E-state index in [1.807, 2.05) is 39.3 Å². The molecule has 0 saturated carbocycles. The zero-order valence-electron chi connectivity index (χ0n) is 15.5. The highest BCUT2D eigenvalue weighted by molar-refractivity contribution is 5.95. The summed E-state index contributed by atoms with van der Waals surface area (Å²) in [5, 5.41) is 4.41. The molecule has 1 aromatic heterocycles. The molecule has 1 unspecified atom stereocenters. The monoisotopic (exact) mass is 350 g/mol. The van der Waals surface area contributed by atoms with E-state index < -0.39 is 5.60 Å². The molecule has 0 radical (unpaired) electrons. The van der Waals surface area contributed by atoms with Crippen molar-refractivity contribution in [3.8, 4) is 0 Å². The fourth-order valence-electron chi connectivity index (χ4n) is 3.11. The summed E-state index contributed by atoms with van der Waals surface area (Å²) in [6, 6.07) is -0.0329. The van der Waals surface area contributed by atoms with E-state index in [1.54, 1.807) is 16.0 Å². The minimum atomic E-state index is -0.549. The second kappa shape index (κ2) is 6.33. The van der Waals surface area contributed by atoms with E-state index in [-0.39, 0.29) is 30.8 Å². The Morgan fingerprint density at radius 1 is 1.32 bits per heavy atom. The van der Waals surface area contributed by atoms with Gasteiger partial charge in [0.1, 0.15) is 12.2 Å². The lowest BCUT2D eigenvalue weighted by Crippen LogP contribution is -2.49. The molecule has 1 saturated heterocycles. The van der Waals surface area contributed by atoms with Crippen LogP contribution in [0, 0.1) is 0 Å². The van der Waals surface area contributed by atoms with E-state index >= 15 is 0 Å². The molecule has 2 aliphatic rings. The van der Waals surface area contributed by atoms with E-state index in [0.717, 1.165) is 11.4 Å². The summed E-state index contributed by atoms with van der Waals surface area (Å²) in [5.74, 6) is -0.0867. The summed E-state index contributed by atoms with van der Waals surface area (Å²) in [6.45, 7) is 10.9. The van der Waals surface area contributed by atoms with Crippen LogP contribution in [0.4, 0.5) is 10.5 Å². The molecule has 0 aliphatic carbocycles. The molecule has 2 amide bonds. The summed E-state index contributed by atoms with van der Waals surface area (Å²) < 4.78 is 12.8. The Hall–Kier alpha value is -2.09. The van der Waals surface area contributed by atoms with Crippen molar-refractivity contribution in [2.45, 2.75) is 65.5 Å². The number of amides is 2. The molecule has 25 heavy (non-hydrogen) atoms. The van der Waals surface area contributed by atoms with Gasteiger partial charge in [-0.1, -0.05) is 0 Å². The number of aromatic nitrogens is 2. The molecule has 0 spiro atoms. The lowest BCUT2D eigenvalue weighted by atomic mass is 10.1. The van der Waals surface area contributed by atoms with Crippen molar-refractivity contribution < 1.29 is 19.1 Å². The van der Waals surface area contributed by atoms with E-state index in [1.165, 1.54) is 0 Å². The number of fused-ring (bicyclic) bond motifs is 1. The van der Waals surface area contributed by atoms with Gasteiger partial charge < -0.3 is 14.4 Å². The summed E-state index contributed by atoms with van der Waals surface area (Å²) in [7, 11) is 0. The normalized spacial score (nSPS) is 24.3. The van der Waals surface area contributed by atoms with Crippen LogP contribution < -0.4 is 4.90 Å². The molecule has 0 aromatic carbocycles. The van der Waals surface area contributed by atoms with Crippen molar-refractivity contribution >= 4 is 17.7 Å². The Bertz CT molecular complexity index is 679. The molecule has 8 nitrogen and oxygen atoms in total. The predicted octanol–water partition coefficient (Wildman–Crippen LogP) is 1.77. The highest BCUT2D eigenvalue weighted by Gasteiger charge is 2.35. The van der Waals surface area contributed by atoms with Crippen LogP contribution in [0.3, 0.4) is 0 Å². The first-order chi connectivity index (χ1) is 11.7. The third-order valence-electron chi connectivity index (χ3n) is 4.37. The van der Waals surface area contributed by atoms with E-state index in [9.17, 15) is 9.59 Å². The molecule has 1 aromatic rings. The molecule has 2 atom stereocenters. The van der Waals surface area contributed by atoms with Gasteiger partial charge in [-0.05, 0) is 34.6 Å². The minimum Gasteiger partial charge on any atom is -0.444 e. The first kappa shape index (κ1) is 17.7. The summed E-state index contributed by atoms with van der Waals surface area (Å²) in [5.41, 5.74) is 1.06. The van der Waals surface area contributed by atoms with Crippen molar-refractivity contribution in [3.05, 3.63) is 11.9 Å². The van der Waals surface area contributed by atoms with Gasteiger partial charge in [0.05, 0.1) is 49.4 Å². The van der Waals surface area contributed by atoms with Crippen LogP contribution in [0.1, 0.15) is 40.3 Å². The lowest BCUT2D eigenvalue weighted by Gasteiger charge is -2.37. The minimum absolute atomic E-state index is 0.0299. The molecular weight excluding hydrogens is 324 g/mol. The average molecular weight is 350 g/mol. The molecule has 2 aliphatic heterocycles. The van der Waals surface area contributed by atoms with Crippen molar-refractivity contribution in [3.63, 3.8) is 0 Å². The Morgan fingerprint density at radius 3 is 2.72 bits per heavy atom. The van der Waals surface area contributed by atoms with Crippen molar-refractivity contribution in [1.29, 1.82) is 0 Å². The molecule has 3 heterocycles. The quantitative estimate of drug-likeness (QED) is 0.771. The molecule has 0 N–H and O–H groups in total. The topological polar surface area (TPSA) is 76.9 Å². The van der Waals surface area contributed by atoms with Gasteiger partial charge in [0.2, 0.25) is 0 Å². The van der Waals surface area contributed by atoms with Gasteiger partial charge >= 0.3 is 6.09 Å². The van der Waals surface area contributed by atoms with Crippen molar-refractivity contribution in [2.75, 3.05) is 18.1 Å². The number of morpholine rings is 1. The smallest absolute Gasteiger partial charge is 0.410 e. The lowest BCUT2D eigenvalue weighted by molar-refractivity contribution is -0.128. The van der Waals surface area contributed by atoms with Gasteiger partial charge in [0, 0.05) is 0 Å². The third kappa shape index (κ3) is 3.63. The van der Waals surface area contributed by atoms with Gasteiger partial charge in [-0.25, -0.2) is 4.79 Å². The van der Waals surface area contributed by atoms with Crippen LogP contribution in [0.15, 0.2) is 6.20 Å². The number of anilines is 1. The Kier molecular flexibility index (Phi) is 4.49. The first-order valence-corrected chi connectivity index (χ1v) is 8.62. The number of rotatable bonds is 1. The van der Waals surface area contributed by atoms with Crippen molar-refractivity contribution in [2.24, 2.45) is 0 Å². The maximum Gasteiger partial charge on any atom is 0.410 e. The van der Waals surface area contributed by atoms with Crippen LogP contribution in [0.25, 0.3) is 0 Å². The van der Waals surface area contributed by atoms with Crippen LogP contribution in [-0.2, 0) is 27.4 Å². The standard InChI is InChI=1S/C17H26N4O4/c1-11-7-21-14(9-19(11)16(23)25-17(3,4)5)13(6-18-21)20-8-12(2)24-10-15(20)22/h6,11-12H,7-10H2,1-5H3/t11-,12?/m0/s1. The third-order valence-corrected chi connectivity index (χ3v) is 4.37. The SMILES string of the molecule is CC1CN(c2cnn3c2CN(C(=O)OC(C)(C)C)[C@@H](C)C3)C(=O)CO1. The van der Waals surface area contributed by atoms with Gasteiger partial charge in [-0.3, -0.25) is 14.4 Å². The summed E-state index contributed by atoms with van der Waals surface area (Å²) in [6.07, 6.45) is 1.33. The maximum atomic E-state index is 12.5. The number of hydrogen-bond donors (Lipinski definition) is 0. The molecule has 138 valence electrons. The zero-order valence-corrected chi connectivity index (χ0v) is 15.5. The van der Waals surface area contributed by atoms with Gasteiger partial charge in [-0.15, -0.1) is 0 Å². The molecule has 1 fully saturated rings. The van der Waals surface area contributed by atoms with E-state index in [4.69, 9.17) is 9.47 Å². The number of nitrogens with zero attached hydrogens (tertiary/aromatic N) is 4. The Labute approximate surface area is 147 Å². The number of hydrogen-bond acceptors (Lipinski definition) is 5. The molecule has 3 rings (SSSR count). The Balaban J connectivity index is 1.85. The number of carbonyl (C=O) groups is 2. The zero-order chi connectivity index (χ0) is 18.4. The largest absolute Gasteiger partial charge is 0.444 e. The van der Waals surface area contributed by atoms with Crippen LogP contribution in [-0.4, -0.2) is 57.6 Å². The van der Waals surface area contributed by atoms with E-state index in [2.05, 4.69) is 5.10 Å². The molecule has 0 bridgehead atoms. The summed E-state index contributed by atoms with van der Waals surface area (Å²) >= 11 is 0. The Morgan fingerprint density at radius 2 is 2.04 bits per heavy atom. The average Bonchev–Trinajstić information content (AvgIpc) is 2.89. The fraction of sp³-hybridized carbons (Fsp3) is 0.706. The van der Waals surface area contributed by atoms with Gasteiger partial charge in [0.25, 0.3) is 5.91 Å². The van der Waals surface area contributed by atoms with Gasteiger partial charge in [0.15, 0.2) is 0 Å². The van der Waals surface area contributed by atoms with Crippen LogP contribution in [0.5, 0.6) is 0 Å². The van der Waals surface area contributed by atoms with Crippen LogP contribution >= 0.6 is 0 Å². The highest BCUT2D eigenvalue weighted by Crippen LogP contribution is 2.29. The summed E-state index contributed by atoms with van der Waals surface area (Å²) in [4.78, 5) is 28.2. The second-order valence-corrected chi connectivity index (χ2v) is 7.74. The van der Waals surface area contributed by atoms with Crippen molar-refractivity contribution in [1.82, 2.24) is 14.7 Å². The highest BCUT2D eigenvalue weighted by atomic mass is 16.6. The first-order valence-electron chi connectivity index (χ1n) is 8.62. The molecular formula is C17H26N4O4. The predicted molar refractivity (Wildman–Crippen MR) is 91.2 cm³/mol. The molecule has 8 heteroatoms. The van der Waals surface area contributed by atoms with Gasteiger partial charge in [-0.2, -0.15) is 5.10 Å². The number of carbonyl (C=O) groups excluding carboxylic acids is 2. The second-order valence-electron chi connectivity index (χ2n) is 7.74. The van der Waals surface area contributed by atoms with Crippen LogP contribution in [0.2, 0.25) is 0 Å². The maximum absolute atomic E-state index is 12.5. The number of ether oxygens (including phenoxy) is 2. The van der Waals surface area contributed by atoms with E-state index in [0.29, 0.717) is 19.6 Å².